The topological polar surface area (TPSA) is 56.7 Å². The zero-order chi connectivity index (χ0) is 40.5. The first-order valence-electron chi connectivity index (χ1n) is 20.4. The van der Waals surface area contributed by atoms with E-state index in [1.165, 1.54) is 0 Å². The third kappa shape index (κ3) is 5.45. The first-order valence-corrected chi connectivity index (χ1v) is 18.4. The molecule has 0 radical (unpaired) electrons. The van der Waals surface area contributed by atoms with Crippen LogP contribution in [-0.2, 0) is 0 Å². The minimum atomic E-state index is -0.340. The highest BCUT2D eigenvalue weighted by Gasteiger charge is 2.20. The first-order chi connectivity index (χ1) is 29.4. The number of aromatic nitrogens is 4. The van der Waals surface area contributed by atoms with E-state index < -0.39 is 0 Å². The van der Waals surface area contributed by atoms with Gasteiger partial charge in [-0.1, -0.05) is 152 Å². The molecule has 3 aromatic heterocycles. The summed E-state index contributed by atoms with van der Waals surface area (Å²) in [5, 5.41) is 3.03. The largest absolute Gasteiger partial charge is 0.456 e. The van der Waals surface area contributed by atoms with Gasteiger partial charge in [-0.25, -0.2) is 4.98 Å². The Hall–Kier alpha value is -7.63. The second kappa shape index (κ2) is 13.0. The molecule has 0 amide bonds. The van der Waals surface area contributed by atoms with Gasteiger partial charge in [0, 0.05) is 32.7 Å². The molecule has 0 aliphatic heterocycles. The first kappa shape index (κ1) is 27.9. The van der Waals surface area contributed by atoms with Crippen LogP contribution in [0.15, 0.2) is 198 Å². The number of hydrogen-bond donors (Lipinski definition) is 0. The Bertz CT molecular complexity index is 3490. The second-order valence-electron chi connectivity index (χ2n) is 13.8. The number of nitrogens with zero attached hydrogens (tertiary/aromatic N) is 4. The van der Waals surface area contributed by atoms with Crippen molar-refractivity contribution in [3.63, 3.8) is 0 Å². The summed E-state index contributed by atoms with van der Waals surface area (Å²) < 4.78 is 44.0. The quantitative estimate of drug-likeness (QED) is 0.172. The van der Waals surface area contributed by atoms with Crippen molar-refractivity contribution < 1.29 is 9.90 Å². The summed E-state index contributed by atoms with van der Waals surface area (Å²) in [6, 6.07) is 55.5. The Kier molecular flexibility index (Phi) is 6.50. The predicted octanol–water partition coefficient (Wildman–Crippen LogP) is 13.2. The van der Waals surface area contributed by atoms with Crippen LogP contribution in [0.3, 0.4) is 0 Å². The van der Waals surface area contributed by atoms with Gasteiger partial charge in [-0.2, -0.15) is 9.97 Å². The molecule has 0 bridgehead atoms. The van der Waals surface area contributed by atoms with Gasteiger partial charge in [0.05, 0.1) is 16.5 Å². The van der Waals surface area contributed by atoms with Crippen LogP contribution < -0.4 is 0 Å². The zero-order valence-corrected chi connectivity index (χ0v) is 29.9. The summed E-state index contributed by atoms with van der Waals surface area (Å²) in [5.74, 6) is 0.995. The normalized spacial score (nSPS) is 12.6. The molecule has 262 valence electrons. The molecule has 0 saturated carbocycles. The van der Waals surface area contributed by atoms with Crippen molar-refractivity contribution >= 4 is 43.7 Å². The molecular weight excluding hydrogens is 685 g/mol. The van der Waals surface area contributed by atoms with E-state index in [4.69, 9.17) is 23.5 Å². The number of rotatable bonds is 6. The highest BCUT2D eigenvalue weighted by atomic mass is 16.3. The minimum Gasteiger partial charge on any atom is -0.456 e. The Labute approximate surface area is 328 Å². The monoisotopic (exact) mass is 720 g/mol. The number of hydrogen-bond acceptors (Lipinski definition) is 4. The molecule has 5 nitrogen and oxygen atoms in total. The van der Waals surface area contributed by atoms with Crippen LogP contribution in [0.25, 0.3) is 106 Å². The van der Waals surface area contributed by atoms with Gasteiger partial charge in [0.15, 0.2) is 11.6 Å². The molecule has 0 atom stereocenters. The molecule has 56 heavy (non-hydrogen) atoms. The van der Waals surface area contributed by atoms with E-state index in [2.05, 4.69) is 54.6 Å². The maximum absolute atomic E-state index is 9.30. The molecule has 5 heteroatoms. The molecule has 0 N–H and O–H groups in total. The Balaban J connectivity index is 1.19. The highest BCUT2D eigenvalue weighted by molar-refractivity contribution is 6.10. The SMILES string of the molecule is [2H]c1c([2H])c([2H])c2c(c1[2H])c1ccc(-c3cccc(-c4ccccc4)c3)cc1n2-c1nc(-c2cccc(-c3ccccc3)c2)nc(-c2ccc3c(c2)oc2ccccc23)n1. The van der Waals surface area contributed by atoms with Crippen LogP contribution in [-0.4, -0.2) is 19.5 Å². The molecule has 0 unspecified atom stereocenters. The van der Waals surface area contributed by atoms with Crippen molar-refractivity contribution in [3.8, 4) is 62.1 Å². The van der Waals surface area contributed by atoms with E-state index in [0.717, 1.165) is 55.3 Å². The van der Waals surface area contributed by atoms with Crippen molar-refractivity contribution in [3.05, 3.63) is 194 Å². The second-order valence-corrected chi connectivity index (χ2v) is 13.8. The lowest BCUT2D eigenvalue weighted by Gasteiger charge is -2.12. The van der Waals surface area contributed by atoms with Gasteiger partial charge in [0.1, 0.15) is 11.2 Å². The van der Waals surface area contributed by atoms with Crippen LogP contribution in [0.2, 0.25) is 0 Å². The highest BCUT2D eigenvalue weighted by Crippen LogP contribution is 2.37. The van der Waals surface area contributed by atoms with Gasteiger partial charge in [-0.15, -0.1) is 0 Å². The molecule has 3 heterocycles. The van der Waals surface area contributed by atoms with Gasteiger partial charge >= 0.3 is 0 Å². The molecule has 11 aromatic rings. The van der Waals surface area contributed by atoms with Crippen LogP contribution in [0, 0.1) is 0 Å². The number of para-hydroxylation sites is 2. The van der Waals surface area contributed by atoms with E-state index in [9.17, 15) is 1.37 Å². The van der Waals surface area contributed by atoms with Gasteiger partial charge in [0.2, 0.25) is 5.95 Å². The van der Waals surface area contributed by atoms with Gasteiger partial charge in [0.25, 0.3) is 0 Å². The zero-order valence-electron chi connectivity index (χ0n) is 33.9. The van der Waals surface area contributed by atoms with Crippen molar-refractivity contribution in [1.82, 2.24) is 19.5 Å². The fraction of sp³-hybridized carbons (Fsp3) is 0. The van der Waals surface area contributed by atoms with Crippen LogP contribution in [0.4, 0.5) is 0 Å². The molecule has 0 spiro atoms. The minimum absolute atomic E-state index is 0.131. The summed E-state index contributed by atoms with van der Waals surface area (Å²) in [4.78, 5) is 15.4. The predicted molar refractivity (Wildman–Crippen MR) is 229 cm³/mol. The number of furan rings is 1. The Morgan fingerprint density at radius 2 is 0.911 bits per heavy atom. The molecule has 0 saturated heterocycles. The van der Waals surface area contributed by atoms with Gasteiger partial charge in [-0.05, 0) is 75.8 Å². The summed E-state index contributed by atoms with van der Waals surface area (Å²) in [7, 11) is 0. The maximum atomic E-state index is 9.30. The van der Waals surface area contributed by atoms with E-state index in [1.54, 1.807) is 4.57 Å². The molecule has 0 aliphatic rings. The lowest BCUT2D eigenvalue weighted by molar-refractivity contribution is 0.669. The number of fused-ring (bicyclic) bond motifs is 6. The van der Waals surface area contributed by atoms with E-state index >= 15 is 0 Å². The summed E-state index contributed by atoms with van der Waals surface area (Å²) in [6.45, 7) is 0. The standard InChI is InChI=1S/C51H32N4O/c1-3-13-33(14-4-1)35-17-11-19-37(29-35)38-25-27-42-41-21-7-9-23-45(41)55(46(42)31-38)51-53-49(39-20-12-18-36(30-39)34-15-5-2-6-16-34)52-50(54-51)40-26-28-44-43-22-8-10-24-47(43)56-48(44)32-40/h1-32H/i7D,9D,21D,23D. The summed E-state index contributed by atoms with van der Waals surface area (Å²) in [6.07, 6.45) is 0. The van der Waals surface area contributed by atoms with Crippen LogP contribution >= 0.6 is 0 Å². The van der Waals surface area contributed by atoms with Gasteiger partial charge < -0.3 is 4.42 Å². The van der Waals surface area contributed by atoms with Crippen LogP contribution in [0.1, 0.15) is 5.48 Å². The smallest absolute Gasteiger partial charge is 0.238 e. The average Bonchev–Trinajstić information content (AvgIpc) is 3.86. The molecule has 11 rings (SSSR count). The third-order valence-electron chi connectivity index (χ3n) is 10.4. The van der Waals surface area contributed by atoms with E-state index in [-0.39, 0.29) is 35.6 Å². The number of benzene rings is 8. The Morgan fingerprint density at radius 3 is 1.66 bits per heavy atom. The maximum Gasteiger partial charge on any atom is 0.238 e. The summed E-state index contributed by atoms with van der Waals surface area (Å²) in [5.41, 5.74) is 9.93. The molecule has 8 aromatic carbocycles. The van der Waals surface area contributed by atoms with E-state index in [0.29, 0.717) is 39.1 Å². The van der Waals surface area contributed by atoms with Crippen molar-refractivity contribution in [2.24, 2.45) is 0 Å². The fourth-order valence-electron chi connectivity index (χ4n) is 7.67. The summed E-state index contributed by atoms with van der Waals surface area (Å²) >= 11 is 0. The lowest BCUT2D eigenvalue weighted by atomic mass is 9.98. The molecular formula is C51H32N4O. The van der Waals surface area contributed by atoms with Gasteiger partial charge in [-0.3, -0.25) is 4.57 Å². The molecule has 0 aliphatic carbocycles. The third-order valence-corrected chi connectivity index (χ3v) is 10.4. The van der Waals surface area contributed by atoms with Crippen molar-refractivity contribution in [2.75, 3.05) is 0 Å². The Morgan fingerprint density at radius 1 is 0.375 bits per heavy atom. The van der Waals surface area contributed by atoms with Crippen molar-refractivity contribution in [2.45, 2.75) is 0 Å². The fourth-order valence-corrected chi connectivity index (χ4v) is 7.67. The van der Waals surface area contributed by atoms with Crippen molar-refractivity contribution in [1.29, 1.82) is 0 Å². The molecule has 0 fully saturated rings. The average molecular weight is 721 g/mol. The van der Waals surface area contributed by atoms with Crippen LogP contribution in [0.5, 0.6) is 0 Å². The lowest BCUT2D eigenvalue weighted by Crippen LogP contribution is -2.06. The van der Waals surface area contributed by atoms with E-state index in [1.807, 2.05) is 115 Å².